The van der Waals surface area contributed by atoms with E-state index in [0.29, 0.717) is 10.2 Å². The number of furan rings is 1. The maximum absolute atomic E-state index is 13.7. The Hall–Kier alpha value is -1.33. The Morgan fingerprint density at radius 1 is 1.41 bits per heavy atom. The summed E-state index contributed by atoms with van der Waals surface area (Å²) in [5, 5.41) is 10.0. The van der Waals surface area contributed by atoms with Crippen molar-refractivity contribution in [3.63, 3.8) is 0 Å². The standard InChI is InChI=1S/C12H10BrFO3/c1-16-7-2-3-8(10(14)6-7)11(15)12-9(13)4-5-17-12/h2-6,11,15H,1H3. The molecule has 17 heavy (non-hydrogen) atoms. The van der Waals surface area contributed by atoms with Crippen LogP contribution in [0.3, 0.4) is 0 Å². The van der Waals surface area contributed by atoms with Gasteiger partial charge in [0.2, 0.25) is 0 Å². The van der Waals surface area contributed by atoms with Crippen molar-refractivity contribution in [2.24, 2.45) is 0 Å². The fourth-order valence-electron chi connectivity index (χ4n) is 1.50. The zero-order valence-electron chi connectivity index (χ0n) is 8.98. The fraction of sp³-hybridized carbons (Fsp3) is 0.167. The topological polar surface area (TPSA) is 42.6 Å². The molecule has 1 unspecified atom stereocenters. The van der Waals surface area contributed by atoms with Crippen LogP contribution in [0.1, 0.15) is 17.4 Å². The highest BCUT2D eigenvalue weighted by molar-refractivity contribution is 9.10. The van der Waals surface area contributed by atoms with Gasteiger partial charge in [0, 0.05) is 11.6 Å². The molecular weight excluding hydrogens is 291 g/mol. The molecule has 0 aliphatic heterocycles. The number of hydrogen-bond donors (Lipinski definition) is 1. The Kier molecular flexibility index (Phi) is 3.49. The summed E-state index contributed by atoms with van der Waals surface area (Å²) in [5.74, 6) is 0.131. The summed E-state index contributed by atoms with van der Waals surface area (Å²) in [6.45, 7) is 0. The highest BCUT2D eigenvalue weighted by Crippen LogP contribution is 2.31. The van der Waals surface area contributed by atoms with E-state index < -0.39 is 11.9 Å². The first-order chi connectivity index (χ1) is 8.13. The Labute approximate surface area is 106 Å². The zero-order valence-corrected chi connectivity index (χ0v) is 10.6. The molecular formula is C12H10BrFO3. The predicted octanol–water partition coefficient (Wildman–Crippen LogP) is 3.27. The molecule has 1 atom stereocenters. The van der Waals surface area contributed by atoms with E-state index in [1.165, 1.54) is 25.5 Å². The number of rotatable bonds is 3. The van der Waals surface area contributed by atoms with Gasteiger partial charge in [-0.05, 0) is 34.1 Å². The molecule has 2 aromatic rings. The summed E-state index contributed by atoms with van der Waals surface area (Å²) in [6, 6.07) is 5.90. The van der Waals surface area contributed by atoms with Gasteiger partial charge in [-0.15, -0.1) is 0 Å². The molecule has 1 aromatic heterocycles. The van der Waals surface area contributed by atoms with Crippen molar-refractivity contribution in [1.29, 1.82) is 0 Å². The lowest BCUT2D eigenvalue weighted by atomic mass is 10.1. The second-order valence-electron chi connectivity index (χ2n) is 3.42. The summed E-state index contributed by atoms with van der Waals surface area (Å²) < 4.78 is 24.3. The molecule has 1 N–H and O–H groups in total. The van der Waals surface area contributed by atoms with Crippen LogP contribution in [0.2, 0.25) is 0 Å². The maximum Gasteiger partial charge on any atom is 0.151 e. The predicted molar refractivity (Wildman–Crippen MR) is 63.4 cm³/mol. The zero-order chi connectivity index (χ0) is 12.4. The van der Waals surface area contributed by atoms with Crippen LogP contribution in [0.5, 0.6) is 5.75 Å². The number of methoxy groups -OCH3 is 1. The third-order valence-electron chi connectivity index (χ3n) is 2.40. The van der Waals surface area contributed by atoms with Gasteiger partial charge in [0.25, 0.3) is 0 Å². The monoisotopic (exact) mass is 300 g/mol. The van der Waals surface area contributed by atoms with E-state index in [2.05, 4.69) is 15.9 Å². The minimum absolute atomic E-state index is 0.140. The molecule has 1 aromatic carbocycles. The number of benzene rings is 1. The van der Waals surface area contributed by atoms with E-state index >= 15 is 0 Å². The van der Waals surface area contributed by atoms with E-state index in [1.54, 1.807) is 12.1 Å². The molecule has 0 aliphatic rings. The van der Waals surface area contributed by atoms with Crippen LogP contribution in [0.4, 0.5) is 4.39 Å². The molecule has 0 radical (unpaired) electrons. The molecule has 0 amide bonds. The van der Waals surface area contributed by atoms with Crippen LogP contribution in [0.25, 0.3) is 0 Å². The van der Waals surface area contributed by atoms with Gasteiger partial charge >= 0.3 is 0 Å². The smallest absolute Gasteiger partial charge is 0.151 e. The van der Waals surface area contributed by atoms with Crippen LogP contribution in [0.15, 0.2) is 39.4 Å². The van der Waals surface area contributed by atoms with Crippen LogP contribution in [0, 0.1) is 5.82 Å². The van der Waals surface area contributed by atoms with Crippen molar-refractivity contribution in [3.8, 4) is 5.75 Å². The van der Waals surface area contributed by atoms with Crippen molar-refractivity contribution < 1.29 is 18.7 Å². The van der Waals surface area contributed by atoms with E-state index in [4.69, 9.17) is 9.15 Å². The number of halogens is 2. The Bertz CT molecular complexity index is 524. The lowest BCUT2D eigenvalue weighted by Gasteiger charge is -2.11. The van der Waals surface area contributed by atoms with Gasteiger partial charge in [0.15, 0.2) is 5.76 Å². The average molecular weight is 301 g/mol. The van der Waals surface area contributed by atoms with E-state index in [-0.39, 0.29) is 11.3 Å². The minimum Gasteiger partial charge on any atom is -0.497 e. The van der Waals surface area contributed by atoms with Gasteiger partial charge in [-0.2, -0.15) is 0 Å². The highest BCUT2D eigenvalue weighted by atomic mass is 79.9. The molecule has 2 rings (SSSR count). The normalized spacial score (nSPS) is 12.5. The van der Waals surface area contributed by atoms with Crippen LogP contribution in [-0.2, 0) is 0 Å². The molecule has 0 aliphatic carbocycles. The molecule has 0 saturated carbocycles. The SMILES string of the molecule is COc1ccc(C(O)c2occc2Br)c(F)c1. The number of ether oxygens (including phenoxy) is 1. The summed E-state index contributed by atoms with van der Waals surface area (Å²) in [4.78, 5) is 0. The maximum atomic E-state index is 13.7. The van der Waals surface area contributed by atoms with Gasteiger partial charge in [0.05, 0.1) is 17.8 Å². The molecule has 1 heterocycles. The first-order valence-electron chi connectivity index (χ1n) is 4.88. The molecule has 3 nitrogen and oxygen atoms in total. The second-order valence-corrected chi connectivity index (χ2v) is 4.28. The van der Waals surface area contributed by atoms with Gasteiger partial charge in [-0.3, -0.25) is 0 Å². The summed E-state index contributed by atoms with van der Waals surface area (Å²) in [7, 11) is 1.45. The molecule has 0 fully saturated rings. The number of aliphatic hydroxyl groups is 1. The van der Waals surface area contributed by atoms with Crippen molar-refractivity contribution in [3.05, 3.63) is 52.1 Å². The van der Waals surface area contributed by atoms with Crippen LogP contribution >= 0.6 is 15.9 Å². The van der Waals surface area contributed by atoms with E-state index in [9.17, 15) is 9.50 Å². The van der Waals surface area contributed by atoms with Crippen LogP contribution in [-0.4, -0.2) is 12.2 Å². The third-order valence-corrected chi connectivity index (χ3v) is 3.05. The van der Waals surface area contributed by atoms with Crippen molar-refractivity contribution in [2.45, 2.75) is 6.10 Å². The summed E-state index contributed by atoms with van der Waals surface area (Å²) in [6.07, 6.45) is 0.273. The van der Waals surface area contributed by atoms with Gasteiger partial charge in [0.1, 0.15) is 17.7 Å². The Balaban J connectivity index is 2.38. The Morgan fingerprint density at radius 2 is 2.18 bits per heavy atom. The minimum atomic E-state index is -1.15. The lowest BCUT2D eigenvalue weighted by molar-refractivity contribution is 0.183. The summed E-state index contributed by atoms with van der Waals surface area (Å²) >= 11 is 3.22. The average Bonchev–Trinajstić information content (AvgIpc) is 2.74. The van der Waals surface area contributed by atoms with Gasteiger partial charge in [-0.1, -0.05) is 0 Å². The van der Waals surface area contributed by atoms with E-state index in [1.807, 2.05) is 0 Å². The molecule has 90 valence electrons. The lowest BCUT2D eigenvalue weighted by Crippen LogP contribution is -2.02. The largest absolute Gasteiger partial charge is 0.497 e. The highest BCUT2D eigenvalue weighted by Gasteiger charge is 2.20. The third kappa shape index (κ3) is 2.35. The molecule has 0 saturated heterocycles. The Morgan fingerprint density at radius 3 is 2.71 bits per heavy atom. The quantitative estimate of drug-likeness (QED) is 0.946. The van der Waals surface area contributed by atoms with E-state index in [0.717, 1.165) is 0 Å². The van der Waals surface area contributed by atoms with Gasteiger partial charge < -0.3 is 14.3 Å². The first kappa shape index (κ1) is 12.1. The van der Waals surface area contributed by atoms with Crippen molar-refractivity contribution in [1.82, 2.24) is 0 Å². The molecule has 5 heteroatoms. The fourth-order valence-corrected chi connectivity index (χ4v) is 1.92. The van der Waals surface area contributed by atoms with Gasteiger partial charge in [-0.25, -0.2) is 4.39 Å². The molecule has 0 spiro atoms. The van der Waals surface area contributed by atoms with Crippen LogP contribution < -0.4 is 4.74 Å². The first-order valence-corrected chi connectivity index (χ1v) is 5.67. The summed E-state index contributed by atoms with van der Waals surface area (Å²) in [5.41, 5.74) is 0.140. The molecule has 0 bridgehead atoms. The number of hydrogen-bond acceptors (Lipinski definition) is 3. The number of aliphatic hydroxyl groups excluding tert-OH is 1. The van der Waals surface area contributed by atoms with Crippen molar-refractivity contribution in [2.75, 3.05) is 7.11 Å². The second kappa shape index (κ2) is 4.89. The van der Waals surface area contributed by atoms with Crippen molar-refractivity contribution >= 4 is 15.9 Å².